The Labute approximate surface area is 134 Å². The molecule has 8 nitrogen and oxygen atoms in total. The molecule has 2 N–H and O–H groups in total. The van der Waals surface area contributed by atoms with Crippen LogP contribution in [0.3, 0.4) is 0 Å². The van der Waals surface area contributed by atoms with Crippen LogP contribution in [0.2, 0.25) is 0 Å². The lowest BCUT2D eigenvalue weighted by Gasteiger charge is -2.22. The fraction of sp³-hybridized carbons (Fsp3) is 0.600. The molecule has 1 aliphatic rings. The number of methoxy groups -OCH3 is 1. The van der Waals surface area contributed by atoms with Gasteiger partial charge in [0.15, 0.2) is 0 Å². The van der Waals surface area contributed by atoms with E-state index in [1.807, 2.05) is 6.92 Å². The summed E-state index contributed by atoms with van der Waals surface area (Å²) >= 11 is 0. The molecule has 0 radical (unpaired) electrons. The molecule has 2 rings (SSSR count). The summed E-state index contributed by atoms with van der Waals surface area (Å²) in [5.41, 5.74) is -1.29. The predicted molar refractivity (Wildman–Crippen MR) is 82.5 cm³/mol. The lowest BCUT2D eigenvalue weighted by atomic mass is 10.1. The molecule has 8 heteroatoms. The molecule has 1 fully saturated rings. The van der Waals surface area contributed by atoms with E-state index >= 15 is 0 Å². The van der Waals surface area contributed by atoms with Gasteiger partial charge in [0.25, 0.3) is 0 Å². The minimum Gasteiger partial charge on any atom is -0.467 e. The number of esters is 1. The van der Waals surface area contributed by atoms with Crippen molar-refractivity contribution in [2.24, 2.45) is 5.92 Å². The molecule has 0 aromatic carbocycles. The van der Waals surface area contributed by atoms with E-state index < -0.39 is 23.3 Å². The number of nitrogens with zero attached hydrogens (tertiary/aromatic N) is 2. The molecular weight excluding hydrogens is 300 g/mol. The molecule has 0 aliphatic heterocycles. The van der Waals surface area contributed by atoms with Crippen molar-refractivity contribution in [1.82, 2.24) is 15.1 Å². The molecule has 23 heavy (non-hydrogen) atoms. The quantitative estimate of drug-likeness (QED) is 0.618. The summed E-state index contributed by atoms with van der Waals surface area (Å²) in [5.74, 6) is -1.39. The molecule has 1 heterocycles. The van der Waals surface area contributed by atoms with Crippen LogP contribution in [0, 0.1) is 5.92 Å². The van der Waals surface area contributed by atoms with Crippen molar-refractivity contribution in [3.05, 3.63) is 12.3 Å². The molecule has 1 atom stereocenters. The summed E-state index contributed by atoms with van der Waals surface area (Å²) in [6.07, 6.45) is 3.86. The fourth-order valence-electron chi connectivity index (χ4n) is 2.34. The first-order valence-electron chi connectivity index (χ1n) is 7.51. The monoisotopic (exact) mass is 322 g/mol. The number of carbonyl (C=O) groups is 3. The van der Waals surface area contributed by atoms with Crippen LogP contribution in [0.4, 0.5) is 5.82 Å². The van der Waals surface area contributed by atoms with Crippen LogP contribution >= 0.6 is 0 Å². The molecule has 1 saturated carbocycles. The number of aromatic nitrogens is 2. The second kappa shape index (κ2) is 6.39. The third-order valence-corrected chi connectivity index (χ3v) is 3.93. The minimum atomic E-state index is -1.29. The maximum atomic E-state index is 12.0. The molecule has 1 aliphatic carbocycles. The average Bonchev–Trinajstić information content (AvgIpc) is 3.25. The molecule has 0 bridgehead atoms. The zero-order valence-electron chi connectivity index (χ0n) is 13.8. The van der Waals surface area contributed by atoms with Gasteiger partial charge in [-0.2, -0.15) is 5.10 Å². The first kappa shape index (κ1) is 17.0. The van der Waals surface area contributed by atoms with Crippen LogP contribution in [-0.2, 0) is 19.1 Å². The number of anilines is 1. The van der Waals surface area contributed by atoms with Gasteiger partial charge in [-0.1, -0.05) is 0 Å². The van der Waals surface area contributed by atoms with Gasteiger partial charge >= 0.3 is 17.8 Å². The summed E-state index contributed by atoms with van der Waals surface area (Å²) in [6, 6.07) is 1.80. The summed E-state index contributed by atoms with van der Waals surface area (Å²) in [6.45, 7) is 4.95. The van der Waals surface area contributed by atoms with Crippen LogP contribution in [-0.4, -0.2) is 40.2 Å². The fourth-order valence-corrected chi connectivity index (χ4v) is 2.34. The molecule has 1 aromatic heterocycles. The Morgan fingerprint density at radius 1 is 1.35 bits per heavy atom. The standard InChI is InChI=1S/C15H22N4O4/c1-9(10-5-6-10)19-11(7-8-16-19)17-12(20)13(21)18-15(2,3)14(22)23-4/h7-10H,5-6H2,1-4H3,(H,17,20)(H,18,21)/t9-/m0/s1. The molecule has 2 amide bonds. The van der Waals surface area contributed by atoms with E-state index in [0.29, 0.717) is 11.7 Å². The summed E-state index contributed by atoms with van der Waals surface area (Å²) in [5, 5.41) is 9.08. The Bertz CT molecular complexity index is 619. The van der Waals surface area contributed by atoms with Gasteiger partial charge in [0, 0.05) is 6.07 Å². The molecule has 0 spiro atoms. The molecule has 0 saturated heterocycles. The number of carbonyl (C=O) groups excluding carboxylic acids is 3. The topological polar surface area (TPSA) is 102 Å². The number of amides is 2. The van der Waals surface area contributed by atoms with Gasteiger partial charge in [0.1, 0.15) is 11.4 Å². The van der Waals surface area contributed by atoms with Crippen molar-refractivity contribution >= 4 is 23.6 Å². The minimum absolute atomic E-state index is 0.162. The highest BCUT2D eigenvalue weighted by molar-refractivity contribution is 6.40. The number of rotatable bonds is 5. The van der Waals surface area contributed by atoms with Crippen molar-refractivity contribution in [3.63, 3.8) is 0 Å². The van der Waals surface area contributed by atoms with Gasteiger partial charge < -0.3 is 15.4 Å². The second-order valence-electron chi connectivity index (χ2n) is 6.26. The second-order valence-corrected chi connectivity index (χ2v) is 6.26. The third-order valence-electron chi connectivity index (χ3n) is 3.93. The first-order chi connectivity index (χ1) is 10.8. The Kier molecular flexibility index (Phi) is 4.72. The summed E-state index contributed by atoms with van der Waals surface area (Å²) in [7, 11) is 1.22. The van der Waals surface area contributed by atoms with Gasteiger partial charge in [-0.3, -0.25) is 9.59 Å². The summed E-state index contributed by atoms with van der Waals surface area (Å²) < 4.78 is 6.29. The average molecular weight is 322 g/mol. The van der Waals surface area contributed by atoms with E-state index in [-0.39, 0.29) is 6.04 Å². The van der Waals surface area contributed by atoms with E-state index in [0.717, 1.165) is 12.8 Å². The Balaban J connectivity index is 2.00. The predicted octanol–water partition coefficient (Wildman–Crippen LogP) is 0.860. The van der Waals surface area contributed by atoms with Gasteiger partial charge in [-0.25, -0.2) is 9.48 Å². The highest BCUT2D eigenvalue weighted by Crippen LogP contribution is 2.40. The highest BCUT2D eigenvalue weighted by Gasteiger charge is 2.34. The van der Waals surface area contributed by atoms with E-state index in [4.69, 9.17) is 0 Å². The zero-order valence-corrected chi connectivity index (χ0v) is 13.8. The molecule has 0 unspecified atom stereocenters. The Morgan fingerprint density at radius 2 is 2.00 bits per heavy atom. The van der Waals surface area contributed by atoms with Crippen LogP contribution in [0.1, 0.15) is 39.7 Å². The largest absolute Gasteiger partial charge is 0.467 e. The van der Waals surface area contributed by atoms with Crippen LogP contribution < -0.4 is 10.6 Å². The number of hydrogen-bond donors (Lipinski definition) is 2. The van der Waals surface area contributed by atoms with E-state index in [1.54, 1.807) is 16.9 Å². The third kappa shape index (κ3) is 3.88. The van der Waals surface area contributed by atoms with Crippen molar-refractivity contribution in [1.29, 1.82) is 0 Å². The van der Waals surface area contributed by atoms with Crippen molar-refractivity contribution < 1.29 is 19.1 Å². The molecular formula is C15H22N4O4. The van der Waals surface area contributed by atoms with E-state index in [2.05, 4.69) is 20.5 Å². The summed E-state index contributed by atoms with van der Waals surface area (Å²) in [4.78, 5) is 35.6. The van der Waals surface area contributed by atoms with E-state index in [1.165, 1.54) is 21.0 Å². The maximum Gasteiger partial charge on any atom is 0.330 e. The van der Waals surface area contributed by atoms with Gasteiger partial charge in [-0.05, 0) is 39.5 Å². The van der Waals surface area contributed by atoms with Gasteiger partial charge in [0.2, 0.25) is 0 Å². The Morgan fingerprint density at radius 3 is 2.57 bits per heavy atom. The normalized spacial score (nSPS) is 15.7. The van der Waals surface area contributed by atoms with Gasteiger partial charge in [-0.15, -0.1) is 0 Å². The first-order valence-corrected chi connectivity index (χ1v) is 7.51. The number of nitrogens with one attached hydrogen (secondary N) is 2. The SMILES string of the molecule is COC(=O)C(C)(C)NC(=O)C(=O)Nc1ccnn1[C@@H](C)C1CC1. The van der Waals surface area contributed by atoms with Crippen LogP contribution in [0.25, 0.3) is 0 Å². The van der Waals surface area contributed by atoms with Crippen molar-refractivity contribution in [2.75, 3.05) is 12.4 Å². The Hall–Kier alpha value is -2.38. The van der Waals surface area contributed by atoms with Crippen LogP contribution in [0.5, 0.6) is 0 Å². The van der Waals surface area contributed by atoms with Gasteiger partial charge in [0.05, 0.1) is 19.3 Å². The van der Waals surface area contributed by atoms with Crippen molar-refractivity contribution in [3.8, 4) is 0 Å². The lowest BCUT2D eigenvalue weighted by Crippen LogP contribution is -2.53. The number of ether oxygens (including phenoxy) is 1. The lowest BCUT2D eigenvalue weighted by molar-refractivity contribution is -0.150. The zero-order chi connectivity index (χ0) is 17.2. The van der Waals surface area contributed by atoms with Crippen LogP contribution in [0.15, 0.2) is 12.3 Å². The highest BCUT2D eigenvalue weighted by atomic mass is 16.5. The molecule has 1 aromatic rings. The maximum absolute atomic E-state index is 12.0. The van der Waals surface area contributed by atoms with E-state index in [9.17, 15) is 14.4 Å². The van der Waals surface area contributed by atoms with Crippen molar-refractivity contribution in [2.45, 2.75) is 45.2 Å². The number of hydrogen-bond acceptors (Lipinski definition) is 5. The smallest absolute Gasteiger partial charge is 0.330 e. The molecule has 126 valence electrons.